The van der Waals surface area contributed by atoms with Gasteiger partial charge in [0.2, 0.25) is 0 Å². The van der Waals surface area contributed by atoms with Gasteiger partial charge in [0.25, 0.3) is 0 Å². The van der Waals surface area contributed by atoms with Crippen molar-refractivity contribution in [3.63, 3.8) is 0 Å². The molecule has 0 radical (unpaired) electrons. The van der Waals surface area contributed by atoms with E-state index in [0.29, 0.717) is 0 Å². The molecule has 9 heavy (non-hydrogen) atoms. The molecule has 2 aliphatic rings. The molecule has 0 aromatic carbocycles. The van der Waals surface area contributed by atoms with E-state index in [-0.39, 0.29) is 0 Å². The molecule has 0 aliphatic heterocycles. The zero-order valence-electron chi connectivity index (χ0n) is 6.02. The average Bonchev–Trinajstić information content (AvgIpc) is 2.67. The third kappa shape index (κ3) is 0.536. The third-order valence-electron chi connectivity index (χ3n) is 2.32. The molecule has 48 valence electrons. The molecule has 0 spiro atoms. The van der Waals surface area contributed by atoms with Crippen molar-refractivity contribution in [3.8, 4) is 0 Å². The Labute approximate surface area is 56.3 Å². The molecule has 0 amide bonds. The highest BCUT2D eigenvalue weighted by Gasteiger charge is 2.63. The smallest absolute Gasteiger partial charge is 0.0123 e. The second-order valence-electron chi connectivity index (χ2n) is 2.86. The van der Waals surface area contributed by atoms with E-state index in [1.165, 1.54) is 6.42 Å². The van der Waals surface area contributed by atoms with Crippen LogP contribution in [0.1, 0.15) is 20.3 Å². The Balaban J connectivity index is 2.00. The van der Waals surface area contributed by atoms with E-state index in [4.69, 9.17) is 0 Å². The van der Waals surface area contributed by atoms with Gasteiger partial charge < -0.3 is 0 Å². The number of hydrogen-bond acceptors (Lipinski definition) is 0. The first kappa shape index (κ1) is 5.28. The van der Waals surface area contributed by atoms with Gasteiger partial charge in [-0.2, -0.15) is 0 Å². The highest BCUT2D eigenvalue weighted by atomic mass is 14.7. The quantitative estimate of drug-likeness (QED) is 0.466. The molecule has 2 fully saturated rings. The molecule has 0 aromatic rings. The fraction of sp³-hybridized carbons (Fsp3) is 0.556. The number of hydrogen-bond donors (Lipinski definition) is 0. The van der Waals surface area contributed by atoms with Gasteiger partial charge in [0, 0.05) is 11.8 Å². The van der Waals surface area contributed by atoms with Crippen LogP contribution < -0.4 is 0 Å². The van der Waals surface area contributed by atoms with Crippen LogP contribution in [0.2, 0.25) is 0 Å². The standard InChI is InChI=1S/C9H12/c1-3-5-7-8-6(4-2)9(7)8/h4-5,8-9H,3H2,1-2H3. The number of fused-ring (bicyclic) bond motifs is 1. The lowest BCUT2D eigenvalue weighted by atomic mass is 10.2. The minimum atomic E-state index is 0.940. The molecule has 0 heterocycles. The van der Waals surface area contributed by atoms with Crippen LogP contribution in [0, 0.1) is 11.8 Å². The van der Waals surface area contributed by atoms with E-state index in [1.807, 2.05) is 0 Å². The highest BCUT2D eigenvalue weighted by Crippen LogP contribution is 2.72. The molecule has 0 bridgehead atoms. The van der Waals surface area contributed by atoms with Crippen LogP contribution in [0.5, 0.6) is 0 Å². The van der Waals surface area contributed by atoms with Crippen molar-refractivity contribution >= 4 is 0 Å². The van der Waals surface area contributed by atoms with Crippen LogP contribution in [0.25, 0.3) is 0 Å². The van der Waals surface area contributed by atoms with Crippen molar-refractivity contribution in [2.75, 3.05) is 0 Å². The fourth-order valence-electron chi connectivity index (χ4n) is 1.70. The van der Waals surface area contributed by atoms with Gasteiger partial charge in [-0.1, -0.05) is 30.2 Å². The van der Waals surface area contributed by atoms with Crippen molar-refractivity contribution < 1.29 is 0 Å². The van der Waals surface area contributed by atoms with Crippen molar-refractivity contribution in [1.29, 1.82) is 0 Å². The van der Waals surface area contributed by atoms with E-state index in [9.17, 15) is 0 Å². The Kier molecular flexibility index (Phi) is 0.879. The SMILES string of the molecule is CC=C1C2C(=CCC)C12. The van der Waals surface area contributed by atoms with Crippen LogP contribution >= 0.6 is 0 Å². The van der Waals surface area contributed by atoms with E-state index < -0.39 is 0 Å². The summed E-state index contributed by atoms with van der Waals surface area (Å²) in [5, 5.41) is 0. The van der Waals surface area contributed by atoms with Crippen LogP contribution in [0.4, 0.5) is 0 Å². The van der Waals surface area contributed by atoms with Crippen molar-refractivity contribution in [3.05, 3.63) is 23.3 Å². The van der Waals surface area contributed by atoms with Gasteiger partial charge in [0.15, 0.2) is 0 Å². The molecular formula is C9H12. The van der Waals surface area contributed by atoms with E-state index in [1.54, 1.807) is 11.1 Å². The van der Waals surface area contributed by atoms with Gasteiger partial charge in [0.05, 0.1) is 0 Å². The summed E-state index contributed by atoms with van der Waals surface area (Å²) in [4.78, 5) is 0. The van der Waals surface area contributed by atoms with Crippen LogP contribution in [0.15, 0.2) is 23.3 Å². The number of rotatable bonds is 1. The van der Waals surface area contributed by atoms with Crippen LogP contribution in [-0.2, 0) is 0 Å². The third-order valence-corrected chi connectivity index (χ3v) is 2.32. The maximum Gasteiger partial charge on any atom is 0.0123 e. The summed E-state index contributed by atoms with van der Waals surface area (Å²) in [6, 6.07) is 0. The normalized spacial score (nSPS) is 35.8. The molecule has 0 N–H and O–H groups in total. The van der Waals surface area contributed by atoms with Crippen LogP contribution in [0.3, 0.4) is 0 Å². The molecule has 0 heteroatoms. The van der Waals surface area contributed by atoms with Gasteiger partial charge in [-0.25, -0.2) is 0 Å². The van der Waals surface area contributed by atoms with Gasteiger partial charge in [0.1, 0.15) is 0 Å². The molecule has 2 unspecified atom stereocenters. The largest absolute Gasteiger partial charge is 0.0872 e. The van der Waals surface area contributed by atoms with Gasteiger partial charge in [-0.3, -0.25) is 0 Å². The molecule has 2 rings (SSSR count). The van der Waals surface area contributed by atoms with Crippen molar-refractivity contribution in [1.82, 2.24) is 0 Å². The predicted molar refractivity (Wildman–Crippen MR) is 39.1 cm³/mol. The monoisotopic (exact) mass is 120 g/mol. The Bertz CT molecular complexity index is 182. The summed E-state index contributed by atoms with van der Waals surface area (Å²) >= 11 is 0. The molecule has 0 aromatic heterocycles. The average molecular weight is 120 g/mol. The first-order valence-corrected chi connectivity index (χ1v) is 3.76. The summed E-state index contributed by atoms with van der Waals surface area (Å²) < 4.78 is 0. The van der Waals surface area contributed by atoms with Crippen molar-refractivity contribution in [2.24, 2.45) is 11.8 Å². The number of allylic oxidation sites excluding steroid dienone is 4. The van der Waals surface area contributed by atoms with Gasteiger partial charge in [-0.15, -0.1) is 0 Å². The second-order valence-corrected chi connectivity index (χ2v) is 2.86. The zero-order valence-corrected chi connectivity index (χ0v) is 6.02. The minimum absolute atomic E-state index is 0.940. The fourth-order valence-corrected chi connectivity index (χ4v) is 1.70. The summed E-state index contributed by atoms with van der Waals surface area (Å²) in [5.74, 6) is 1.88. The predicted octanol–water partition coefficient (Wildman–Crippen LogP) is 2.53. The molecule has 0 nitrogen and oxygen atoms in total. The topological polar surface area (TPSA) is 0 Å². The Hall–Kier alpha value is -0.520. The summed E-state index contributed by atoms with van der Waals surface area (Å²) in [7, 11) is 0. The molecule has 0 saturated heterocycles. The first-order chi connectivity index (χ1) is 4.40. The van der Waals surface area contributed by atoms with E-state index >= 15 is 0 Å². The van der Waals surface area contributed by atoms with E-state index in [0.717, 1.165) is 11.8 Å². The molecular weight excluding hydrogens is 108 g/mol. The lowest BCUT2D eigenvalue weighted by Crippen LogP contribution is -1.72. The Morgan fingerprint density at radius 2 is 2.00 bits per heavy atom. The van der Waals surface area contributed by atoms with Crippen molar-refractivity contribution in [2.45, 2.75) is 20.3 Å². The first-order valence-electron chi connectivity index (χ1n) is 3.76. The zero-order chi connectivity index (χ0) is 6.43. The maximum absolute atomic E-state index is 2.38. The molecule has 2 aliphatic carbocycles. The van der Waals surface area contributed by atoms with E-state index in [2.05, 4.69) is 26.0 Å². The Morgan fingerprint density at radius 3 is 2.44 bits per heavy atom. The summed E-state index contributed by atoms with van der Waals surface area (Å²) in [6.45, 7) is 4.35. The molecule has 2 atom stereocenters. The second kappa shape index (κ2) is 1.50. The summed E-state index contributed by atoms with van der Waals surface area (Å²) in [5.41, 5.74) is 3.40. The summed E-state index contributed by atoms with van der Waals surface area (Å²) in [6.07, 6.45) is 5.87. The minimum Gasteiger partial charge on any atom is -0.0872 e. The maximum atomic E-state index is 2.38. The highest BCUT2D eigenvalue weighted by molar-refractivity contribution is 5.62. The lowest BCUT2D eigenvalue weighted by molar-refractivity contribution is 1.17. The molecule has 2 saturated carbocycles. The Morgan fingerprint density at radius 1 is 1.33 bits per heavy atom. The lowest BCUT2D eigenvalue weighted by Gasteiger charge is -1.88. The van der Waals surface area contributed by atoms with Crippen LogP contribution in [-0.4, -0.2) is 0 Å². The van der Waals surface area contributed by atoms with Gasteiger partial charge in [-0.05, 0) is 13.3 Å². The van der Waals surface area contributed by atoms with Gasteiger partial charge >= 0.3 is 0 Å².